The maximum Gasteiger partial charge on any atom is 0.164 e. The van der Waals surface area contributed by atoms with Crippen LogP contribution in [0.2, 0.25) is 0 Å². The van der Waals surface area contributed by atoms with Crippen molar-refractivity contribution < 1.29 is 4.42 Å². The molecule has 2 aromatic heterocycles. The molecule has 0 bridgehead atoms. The van der Waals surface area contributed by atoms with Gasteiger partial charge in [-0.15, -0.1) is 0 Å². The molecule has 4 nitrogen and oxygen atoms in total. The summed E-state index contributed by atoms with van der Waals surface area (Å²) in [5.74, 6) is 1.91. The molecule has 0 saturated carbocycles. The predicted molar refractivity (Wildman–Crippen MR) is 149 cm³/mol. The van der Waals surface area contributed by atoms with Crippen LogP contribution < -0.4 is 0 Å². The molecule has 0 aliphatic rings. The van der Waals surface area contributed by atoms with Gasteiger partial charge in [0, 0.05) is 27.5 Å². The van der Waals surface area contributed by atoms with Crippen molar-refractivity contribution in [3.63, 3.8) is 0 Å². The van der Waals surface area contributed by atoms with Crippen LogP contribution in [0, 0.1) is 0 Å². The summed E-state index contributed by atoms with van der Waals surface area (Å²) in [5.41, 5.74) is 6.85. The molecule has 2 heterocycles. The summed E-state index contributed by atoms with van der Waals surface area (Å²) < 4.78 is 6.02. The van der Waals surface area contributed by atoms with Crippen LogP contribution in [-0.4, -0.2) is 15.0 Å². The molecular weight excluding hydrogens is 454 g/mol. The van der Waals surface area contributed by atoms with E-state index in [0.29, 0.717) is 17.5 Å². The molecule has 7 rings (SSSR count). The van der Waals surface area contributed by atoms with E-state index in [-0.39, 0.29) is 0 Å². The third kappa shape index (κ3) is 3.95. The molecule has 0 N–H and O–H groups in total. The molecular formula is C33H21N3O. The Bertz CT molecular complexity index is 1860. The third-order valence-corrected chi connectivity index (χ3v) is 6.55. The number of hydrogen-bond donors (Lipinski definition) is 0. The van der Waals surface area contributed by atoms with Crippen LogP contribution in [0.4, 0.5) is 0 Å². The maximum absolute atomic E-state index is 6.02. The van der Waals surface area contributed by atoms with E-state index in [1.54, 1.807) is 0 Å². The number of rotatable bonds is 4. The van der Waals surface area contributed by atoms with Crippen molar-refractivity contribution in [2.45, 2.75) is 0 Å². The Morgan fingerprint density at radius 1 is 0.351 bits per heavy atom. The SMILES string of the molecule is c1ccc(-c2ccc(-c3nc(-c4ccccc4)nc(-c4ccc5oc6ccccc6c5c4)n3)cc2)cc1. The van der Waals surface area contributed by atoms with Crippen molar-refractivity contribution in [3.05, 3.63) is 127 Å². The Labute approximate surface area is 213 Å². The second-order valence-corrected chi connectivity index (χ2v) is 8.92. The third-order valence-electron chi connectivity index (χ3n) is 6.55. The van der Waals surface area contributed by atoms with Gasteiger partial charge in [0.1, 0.15) is 11.2 Å². The van der Waals surface area contributed by atoms with Crippen LogP contribution in [0.15, 0.2) is 132 Å². The Morgan fingerprint density at radius 2 is 0.811 bits per heavy atom. The fourth-order valence-electron chi connectivity index (χ4n) is 4.66. The van der Waals surface area contributed by atoms with Crippen LogP contribution in [0.5, 0.6) is 0 Å². The van der Waals surface area contributed by atoms with Crippen LogP contribution in [0.1, 0.15) is 0 Å². The average molecular weight is 476 g/mol. The minimum Gasteiger partial charge on any atom is -0.456 e. The molecule has 0 fully saturated rings. The number of fused-ring (bicyclic) bond motifs is 3. The summed E-state index contributed by atoms with van der Waals surface area (Å²) in [7, 11) is 0. The van der Waals surface area contributed by atoms with E-state index in [9.17, 15) is 0 Å². The lowest BCUT2D eigenvalue weighted by Gasteiger charge is -2.09. The van der Waals surface area contributed by atoms with E-state index in [1.165, 1.54) is 5.56 Å². The topological polar surface area (TPSA) is 51.8 Å². The van der Waals surface area contributed by atoms with E-state index in [4.69, 9.17) is 19.4 Å². The Kier molecular flexibility index (Phi) is 5.07. The van der Waals surface area contributed by atoms with Gasteiger partial charge in [0.25, 0.3) is 0 Å². The summed E-state index contributed by atoms with van der Waals surface area (Å²) in [5, 5.41) is 2.12. The molecule has 0 saturated heterocycles. The molecule has 0 unspecified atom stereocenters. The summed E-state index contributed by atoms with van der Waals surface area (Å²) in [6.45, 7) is 0. The van der Waals surface area contributed by atoms with Gasteiger partial charge in [0.05, 0.1) is 0 Å². The fourth-order valence-corrected chi connectivity index (χ4v) is 4.66. The smallest absolute Gasteiger partial charge is 0.164 e. The van der Waals surface area contributed by atoms with E-state index in [2.05, 4.69) is 48.5 Å². The van der Waals surface area contributed by atoms with E-state index in [1.807, 2.05) is 78.9 Å². The lowest BCUT2D eigenvalue weighted by molar-refractivity contribution is 0.669. The first kappa shape index (κ1) is 21.2. The van der Waals surface area contributed by atoms with Crippen molar-refractivity contribution in [1.82, 2.24) is 15.0 Å². The van der Waals surface area contributed by atoms with Gasteiger partial charge in [-0.25, -0.2) is 15.0 Å². The van der Waals surface area contributed by atoms with Gasteiger partial charge in [0.15, 0.2) is 17.5 Å². The first-order valence-corrected chi connectivity index (χ1v) is 12.2. The number of hydrogen-bond acceptors (Lipinski definition) is 4. The second-order valence-electron chi connectivity index (χ2n) is 8.92. The zero-order chi connectivity index (χ0) is 24.6. The normalized spacial score (nSPS) is 11.2. The van der Waals surface area contributed by atoms with Gasteiger partial charge in [-0.1, -0.05) is 103 Å². The largest absolute Gasteiger partial charge is 0.456 e. The molecule has 0 aliphatic heterocycles. The van der Waals surface area contributed by atoms with E-state index in [0.717, 1.165) is 44.2 Å². The van der Waals surface area contributed by atoms with Crippen LogP contribution >= 0.6 is 0 Å². The quantitative estimate of drug-likeness (QED) is 0.256. The first-order valence-electron chi connectivity index (χ1n) is 12.2. The second kappa shape index (κ2) is 8.85. The van der Waals surface area contributed by atoms with Crippen molar-refractivity contribution in [1.29, 1.82) is 0 Å². The Morgan fingerprint density at radius 3 is 1.51 bits per heavy atom. The van der Waals surface area contributed by atoms with E-state index >= 15 is 0 Å². The van der Waals surface area contributed by atoms with Crippen LogP contribution in [-0.2, 0) is 0 Å². The minimum atomic E-state index is 0.628. The van der Waals surface area contributed by atoms with Crippen LogP contribution in [0.3, 0.4) is 0 Å². The molecule has 5 aromatic carbocycles. The highest BCUT2D eigenvalue weighted by molar-refractivity contribution is 6.06. The minimum absolute atomic E-state index is 0.628. The molecule has 0 atom stereocenters. The molecule has 0 spiro atoms. The van der Waals surface area contributed by atoms with Gasteiger partial charge < -0.3 is 4.42 Å². The van der Waals surface area contributed by atoms with Crippen molar-refractivity contribution >= 4 is 21.9 Å². The molecule has 0 radical (unpaired) electrons. The standard InChI is InChI=1S/C33H21N3O/c1-3-9-22(10-4-1)23-15-17-25(18-16-23)32-34-31(24-11-5-2-6-12-24)35-33(36-32)26-19-20-30-28(21-26)27-13-7-8-14-29(27)37-30/h1-21H. The molecule has 0 amide bonds. The molecule has 4 heteroatoms. The van der Waals surface area contributed by atoms with Gasteiger partial charge >= 0.3 is 0 Å². The zero-order valence-corrected chi connectivity index (χ0v) is 19.9. The van der Waals surface area contributed by atoms with Crippen molar-refractivity contribution in [2.75, 3.05) is 0 Å². The monoisotopic (exact) mass is 475 g/mol. The number of furan rings is 1. The Hall–Kier alpha value is -5.09. The lowest BCUT2D eigenvalue weighted by atomic mass is 10.0. The van der Waals surface area contributed by atoms with Gasteiger partial charge in [-0.2, -0.15) is 0 Å². The van der Waals surface area contributed by atoms with Crippen molar-refractivity contribution in [2.24, 2.45) is 0 Å². The summed E-state index contributed by atoms with van der Waals surface area (Å²) >= 11 is 0. The molecule has 37 heavy (non-hydrogen) atoms. The highest BCUT2D eigenvalue weighted by atomic mass is 16.3. The summed E-state index contributed by atoms with van der Waals surface area (Å²) in [6, 6.07) is 42.9. The summed E-state index contributed by atoms with van der Waals surface area (Å²) in [6.07, 6.45) is 0. The Balaban J connectivity index is 1.37. The average Bonchev–Trinajstić information content (AvgIpc) is 3.36. The predicted octanol–water partition coefficient (Wildman–Crippen LogP) is 8.44. The fraction of sp³-hybridized carbons (Fsp3) is 0. The molecule has 0 aliphatic carbocycles. The summed E-state index contributed by atoms with van der Waals surface area (Å²) in [4.78, 5) is 14.7. The van der Waals surface area contributed by atoms with Gasteiger partial charge in [-0.05, 0) is 35.4 Å². The molecule has 174 valence electrons. The van der Waals surface area contributed by atoms with Gasteiger partial charge in [-0.3, -0.25) is 0 Å². The lowest BCUT2D eigenvalue weighted by Crippen LogP contribution is -2.00. The highest BCUT2D eigenvalue weighted by Crippen LogP contribution is 2.33. The van der Waals surface area contributed by atoms with E-state index < -0.39 is 0 Å². The number of para-hydroxylation sites is 1. The number of nitrogens with zero attached hydrogens (tertiary/aromatic N) is 3. The number of aromatic nitrogens is 3. The van der Waals surface area contributed by atoms with Crippen molar-refractivity contribution in [3.8, 4) is 45.3 Å². The number of benzene rings is 5. The zero-order valence-electron chi connectivity index (χ0n) is 19.9. The van der Waals surface area contributed by atoms with Gasteiger partial charge in [0.2, 0.25) is 0 Å². The molecule has 7 aromatic rings. The maximum atomic E-state index is 6.02. The van der Waals surface area contributed by atoms with Crippen LogP contribution in [0.25, 0.3) is 67.2 Å². The highest BCUT2D eigenvalue weighted by Gasteiger charge is 2.14. The first-order chi connectivity index (χ1) is 18.3.